The molecule has 1 heterocycles. The van der Waals surface area contributed by atoms with E-state index in [1.165, 1.54) is 33.5 Å². The summed E-state index contributed by atoms with van der Waals surface area (Å²) < 4.78 is 35.1. The fraction of sp³-hybridized carbons (Fsp3) is 0.355. The molecule has 0 aromatic heterocycles. The highest BCUT2D eigenvalue weighted by Gasteiger charge is 2.25. The SMILES string of the molecule is COc1cccc(NC(=O)N2CCN(CCN(Cc3ccc(F)cc3)C(=O)c3cc(OC)c(OC)c(OC)c3)CC2)c1. The highest BCUT2D eigenvalue weighted by atomic mass is 19.1. The number of nitrogens with one attached hydrogen (secondary N) is 1. The van der Waals surface area contributed by atoms with Crippen LogP contribution in [0.3, 0.4) is 0 Å². The summed E-state index contributed by atoms with van der Waals surface area (Å²) in [6.45, 7) is 3.73. The molecule has 1 aliphatic heterocycles. The number of amides is 3. The standard InChI is InChI=1S/C31H37FN4O6/c1-39-26-7-5-6-25(20-26)33-31(38)35-15-12-34(13-16-35)14-17-36(21-22-8-10-24(32)11-9-22)30(37)23-18-27(40-2)29(42-4)28(19-23)41-3/h5-11,18-20H,12-17,21H2,1-4H3,(H,33,38). The first-order valence-corrected chi connectivity index (χ1v) is 13.6. The van der Waals surface area contributed by atoms with Crippen LogP contribution in [0.2, 0.25) is 0 Å². The van der Waals surface area contributed by atoms with Crippen LogP contribution in [0.15, 0.2) is 60.7 Å². The molecule has 1 N–H and O–H groups in total. The first-order valence-electron chi connectivity index (χ1n) is 13.6. The quantitative estimate of drug-likeness (QED) is 0.361. The van der Waals surface area contributed by atoms with Gasteiger partial charge in [0.2, 0.25) is 5.75 Å². The van der Waals surface area contributed by atoms with Crippen LogP contribution in [0.4, 0.5) is 14.9 Å². The lowest BCUT2D eigenvalue weighted by molar-refractivity contribution is 0.0703. The van der Waals surface area contributed by atoms with Crippen molar-refractivity contribution in [2.45, 2.75) is 6.54 Å². The predicted octanol–water partition coefficient (Wildman–Crippen LogP) is 4.35. The van der Waals surface area contributed by atoms with Gasteiger partial charge in [-0.05, 0) is 42.0 Å². The van der Waals surface area contributed by atoms with Gasteiger partial charge >= 0.3 is 6.03 Å². The molecule has 224 valence electrons. The van der Waals surface area contributed by atoms with E-state index in [4.69, 9.17) is 18.9 Å². The van der Waals surface area contributed by atoms with Crippen molar-refractivity contribution in [3.8, 4) is 23.0 Å². The Morgan fingerprint density at radius 3 is 2.12 bits per heavy atom. The zero-order valence-electron chi connectivity index (χ0n) is 24.4. The summed E-state index contributed by atoms with van der Waals surface area (Å²) in [6.07, 6.45) is 0. The van der Waals surface area contributed by atoms with Crippen LogP contribution >= 0.6 is 0 Å². The van der Waals surface area contributed by atoms with Crippen LogP contribution in [-0.4, -0.2) is 94.3 Å². The number of carbonyl (C=O) groups is 2. The third-order valence-corrected chi connectivity index (χ3v) is 7.15. The highest BCUT2D eigenvalue weighted by Crippen LogP contribution is 2.38. The minimum Gasteiger partial charge on any atom is -0.497 e. The first kappa shape index (κ1) is 30.4. The molecule has 0 spiro atoms. The van der Waals surface area contributed by atoms with Crippen LogP contribution < -0.4 is 24.3 Å². The topological polar surface area (TPSA) is 92.8 Å². The Morgan fingerprint density at radius 2 is 1.52 bits per heavy atom. The molecule has 1 fully saturated rings. The zero-order chi connectivity index (χ0) is 30.1. The minimum absolute atomic E-state index is 0.168. The third kappa shape index (κ3) is 7.61. The molecule has 0 unspecified atom stereocenters. The van der Waals surface area contributed by atoms with Crippen molar-refractivity contribution in [2.75, 3.05) is 73.0 Å². The fourth-order valence-corrected chi connectivity index (χ4v) is 4.79. The molecule has 0 aliphatic carbocycles. The van der Waals surface area contributed by atoms with Gasteiger partial charge in [-0.2, -0.15) is 0 Å². The molecular weight excluding hydrogens is 543 g/mol. The smallest absolute Gasteiger partial charge is 0.321 e. The monoisotopic (exact) mass is 580 g/mol. The Morgan fingerprint density at radius 1 is 0.857 bits per heavy atom. The van der Waals surface area contributed by atoms with Gasteiger partial charge in [-0.1, -0.05) is 18.2 Å². The van der Waals surface area contributed by atoms with Crippen LogP contribution in [0.1, 0.15) is 15.9 Å². The van der Waals surface area contributed by atoms with E-state index in [9.17, 15) is 14.0 Å². The molecule has 0 atom stereocenters. The fourth-order valence-electron chi connectivity index (χ4n) is 4.79. The van der Waals surface area contributed by atoms with Gasteiger partial charge in [0.05, 0.1) is 28.4 Å². The molecule has 42 heavy (non-hydrogen) atoms. The Labute approximate surface area is 245 Å². The molecular formula is C31H37FN4O6. The second-order valence-corrected chi connectivity index (χ2v) is 9.76. The summed E-state index contributed by atoms with van der Waals surface area (Å²) in [7, 11) is 6.08. The van der Waals surface area contributed by atoms with E-state index in [0.717, 1.165) is 5.56 Å². The molecule has 0 bridgehead atoms. The summed E-state index contributed by atoms with van der Waals surface area (Å²) in [5.74, 6) is 1.26. The summed E-state index contributed by atoms with van der Waals surface area (Å²) in [4.78, 5) is 32.3. The van der Waals surface area contributed by atoms with Gasteiger partial charge in [0.1, 0.15) is 11.6 Å². The number of methoxy groups -OCH3 is 4. The van der Waals surface area contributed by atoms with Crippen molar-refractivity contribution in [1.82, 2.24) is 14.7 Å². The second-order valence-electron chi connectivity index (χ2n) is 9.76. The van der Waals surface area contributed by atoms with Gasteiger partial charge in [-0.15, -0.1) is 0 Å². The minimum atomic E-state index is -0.338. The van der Waals surface area contributed by atoms with Crippen molar-refractivity contribution < 1.29 is 32.9 Å². The van der Waals surface area contributed by atoms with E-state index in [-0.39, 0.29) is 17.8 Å². The van der Waals surface area contributed by atoms with Crippen LogP contribution in [0.5, 0.6) is 23.0 Å². The molecule has 10 nitrogen and oxygen atoms in total. The lowest BCUT2D eigenvalue weighted by atomic mass is 10.1. The Bertz CT molecular complexity index is 1340. The number of nitrogens with zero attached hydrogens (tertiary/aromatic N) is 3. The zero-order valence-corrected chi connectivity index (χ0v) is 24.4. The third-order valence-electron chi connectivity index (χ3n) is 7.15. The second kappa shape index (κ2) is 14.4. The number of hydrogen-bond acceptors (Lipinski definition) is 7. The molecule has 3 aromatic carbocycles. The van der Waals surface area contributed by atoms with Crippen molar-refractivity contribution in [1.29, 1.82) is 0 Å². The van der Waals surface area contributed by atoms with Crippen LogP contribution in [-0.2, 0) is 6.54 Å². The van der Waals surface area contributed by atoms with E-state index in [1.807, 2.05) is 18.2 Å². The van der Waals surface area contributed by atoms with E-state index in [0.29, 0.717) is 80.1 Å². The van der Waals surface area contributed by atoms with Crippen LogP contribution in [0, 0.1) is 5.82 Å². The number of ether oxygens (including phenoxy) is 4. The number of anilines is 1. The maximum absolute atomic E-state index is 13.8. The number of halogens is 1. The molecule has 3 aromatic rings. The molecule has 3 amide bonds. The highest BCUT2D eigenvalue weighted by molar-refractivity contribution is 5.95. The van der Waals surface area contributed by atoms with Gasteiger partial charge in [-0.3, -0.25) is 9.69 Å². The van der Waals surface area contributed by atoms with Crippen molar-refractivity contribution in [3.63, 3.8) is 0 Å². The largest absolute Gasteiger partial charge is 0.497 e. The molecule has 11 heteroatoms. The number of hydrogen-bond donors (Lipinski definition) is 1. The van der Waals surface area contributed by atoms with Gasteiger partial charge in [0.15, 0.2) is 11.5 Å². The average molecular weight is 581 g/mol. The van der Waals surface area contributed by atoms with Gasteiger partial charge in [0.25, 0.3) is 5.91 Å². The Balaban J connectivity index is 1.42. The lowest BCUT2D eigenvalue weighted by Crippen LogP contribution is -2.51. The number of benzene rings is 3. The lowest BCUT2D eigenvalue weighted by Gasteiger charge is -2.36. The Kier molecular flexibility index (Phi) is 10.4. The predicted molar refractivity (Wildman–Crippen MR) is 157 cm³/mol. The van der Waals surface area contributed by atoms with Gasteiger partial charge < -0.3 is 34.1 Å². The molecule has 4 rings (SSSR count). The van der Waals surface area contributed by atoms with E-state index in [2.05, 4.69) is 10.2 Å². The van der Waals surface area contributed by atoms with E-state index < -0.39 is 0 Å². The number of piperazine rings is 1. The van der Waals surface area contributed by atoms with Crippen molar-refractivity contribution in [3.05, 3.63) is 77.6 Å². The van der Waals surface area contributed by atoms with Gasteiger partial charge in [-0.25, -0.2) is 9.18 Å². The summed E-state index contributed by atoms with van der Waals surface area (Å²) in [5.41, 5.74) is 1.85. The number of carbonyl (C=O) groups excluding carboxylic acids is 2. The van der Waals surface area contributed by atoms with Gasteiger partial charge in [0, 0.05) is 63.1 Å². The summed E-state index contributed by atoms with van der Waals surface area (Å²) in [6, 6.07) is 16.4. The Hall–Kier alpha value is -4.51. The summed E-state index contributed by atoms with van der Waals surface area (Å²) >= 11 is 0. The van der Waals surface area contributed by atoms with Crippen LogP contribution in [0.25, 0.3) is 0 Å². The normalized spacial score (nSPS) is 13.3. The maximum atomic E-state index is 13.8. The first-order chi connectivity index (χ1) is 20.3. The van der Waals surface area contributed by atoms with Crippen molar-refractivity contribution >= 4 is 17.6 Å². The van der Waals surface area contributed by atoms with Crippen molar-refractivity contribution in [2.24, 2.45) is 0 Å². The maximum Gasteiger partial charge on any atom is 0.321 e. The van der Waals surface area contributed by atoms with E-state index in [1.54, 1.807) is 47.2 Å². The van der Waals surface area contributed by atoms with E-state index >= 15 is 0 Å². The summed E-state index contributed by atoms with van der Waals surface area (Å²) in [5, 5.41) is 2.92. The molecule has 0 radical (unpaired) electrons. The number of urea groups is 1. The average Bonchev–Trinajstić information content (AvgIpc) is 3.03. The molecule has 1 saturated heterocycles. The molecule has 0 saturated carbocycles. The number of rotatable bonds is 11. The molecule has 1 aliphatic rings.